The van der Waals surface area contributed by atoms with E-state index < -0.39 is 0 Å². The molecule has 1 aliphatic heterocycles. The van der Waals surface area contributed by atoms with E-state index >= 15 is 0 Å². The summed E-state index contributed by atoms with van der Waals surface area (Å²) < 4.78 is 5.94. The van der Waals surface area contributed by atoms with E-state index in [1.165, 1.54) is 12.5 Å². The SMILES string of the molecule is CC(=O)/C=C1\Oc2ccc(C)cc2C=C1c1ccccc1. The number of rotatable bonds is 2. The van der Waals surface area contributed by atoms with Gasteiger partial charge in [0.1, 0.15) is 11.5 Å². The Morgan fingerprint density at radius 2 is 1.86 bits per heavy atom. The van der Waals surface area contributed by atoms with Gasteiger partial charge >= 0.3 is 0 Å². The molecule has 0 saturated heterocycles. The number of aryl methyl sites for hydroxylation is 1. The summed E-state index contributed by atoms with van der Waals surface area (Å²) in [5, 5.41) is 0. The molecular weight excluding hydrogens is 260 g/mol. The number of ketones is 1. The largest absolute Gasteiger partial charge is 0.456 e. The van der Waals surface area contributed by atoms with Crippen LogP contribution in [-0.2, 0) is 4.79 Å². The molecule has 0 atom stereocenters. The third kappa shape index (κ3) is 2.79. The molecule has 0 aliphatic carbocycles. The summed E-state index contributed by atoms with van der Waals surface area (Å²) in [6.07, 6.45) is 3.62. The van der Waals surface area contributed by atoms with Gasteiger partial charge in [0.25, 0.3) is 0 Å². The van der Waals surface area contributed by atoms with E-state index in [9.17, 15) is 4.79 Å². The Kier molecular flexibility index (Phi) is 3.44. The molecule has 0 saturated carbocycles. The third-order valence-corrected chi connectivity index (χ3v) is 3.37. The fourth-order valence-corrected chi connectivity index (χ4v) is 2.41. The number of fused-ring (bicyclic) bond motifs is 1. The van der Waals surface area contributed by atoms with Crippen LogP contribution in [0.4, 0.5) is 0 Å². The van der Waals surface area contributed by atoms with Gasteiger partial charge in [-0.2, -0.15) is 0 Å². The normalized spacial score (nSPS) is 15.1. The van der Waals surface area contributed by atoms with Crippen molar-refractivity contribution in [2.75, 3.05) is 0 Å². The van der Waals surface area contributed by atoms with E-state index in [0.717, 1.165) is 22.4 Å². The van der Waals surface area contributed by atoms with Gasteiger partial charge in [-0.3, -0.25) is 4.79 Å². The molecule has 2 aromatic carbocycles. The average molecular weight is 276 g/mol. The molecule has 0 N–H and O–H groups in total. The Morgan fingerprint density at radius 1 is 1.10 bits per heavy atom. The first kappa shape index (κ1) is 13.4. The number of hydrogen-bond acceptors (Lipinski definition) is 2. The van der Waals surface area contributed by atoms with Crippen LogP contribution in [0.5, 0.6) is 5.75 Å². The van der Waals surface area contributed by atoms with Gasteiger partial charge in [0.2, 0.25) is 0 Å². The summed E-state index contributed by atoms with van der Waals surface area (Å²) in [6, 6.07) is 16.0. The topological polar surface area (TPSA) is 26.3 Å². The smallest absolute Gasteiger partial charge is 0.156 e. The molecule has 3 rings (SSSR count). The van der Waals surface area contributed by atoms with Gasteiger partial charge in [-0.15, -0.1) is 0 Å². The van der Waals surface area contributed by atoms with Crippen LogP contribution in [0.3, 0.4) is 0 Å². The quantitative estimate of drug-likeness (QED) is 0.760. The summed E-state index contributed by atoms with van der Waals surface area (Å²) in [6.45, 7) is 3.58. The van der Waals surface area contributed by atoms with Crippen LogP contribution in [0.25, 0.3) is 11.6 Å². The van der Waals surface area contributed by atoms with Crippen LogP contribution < -0.4 is 4.74 Å². The van der Waals surface area contributed by atoms with Crippen molar-refractivity contribution in [2.45, 2.75) is 13.8 Å². The molecule has 0 bridgehead atoms. The van der Waals surface area contributed by atoms with Crippen molar-refractivity contribution in [3.05, 3.63) is 77.1 Å². The van der Waals surface area contributed by atoms with Crippen molar-refractivity contribution < 1.29 is 9.53 Å². The number of benzene rings is 2. The van der Waals surface area contributed by atoms with Crippen molar-refractivity contribution in [3.8, 4) is 5.75 Å². The van der Waals surface area contributed by atoms with Crippen LogP contribution in [-0.4, -0.2) is 5.78 Å². The number of hydrogen-bond donors (Lipinski definition) is 0. The zero-order chi connectivity index (χ0) is 14.8. The van der Waals surface area contributed by atoms with E-state index in [-0.39, 0.29) is 5.78 Å². The first-order valence-electron chi connectivity index (χ1n) is 6.92. The lowest BCUT2D eigenvalue weighted by Crippen LogP contribution is -2.07. The molecule has 1 aliphatic rings. The van der Waals surface area contributed by atoms with E-state index in [2.05, 4.69) is 19.1 Å². The second-order valence-electron chi connectivity index (χ2n) is 5.19. The van der Waals surface area contributed by atoms with Gasteiger partial charge < -0.3 is 4.74 Å². The number of ether oxygens (including phenoxy) is 1. The molecule has 1 heterocycles. The third-order valence-electron chi connectivity index (χ3n) is 3.37. The Hall–Kier alpha value is -2.61. The highest BCUT2D eigenvalue weighted by Crippen LogP contribution is 2.36. The minimum atomic E-state index is -0.0256. The number of allylic oxidation sites excluding steroid dienone is 2. The molecule has 0 amide bonds. The summed E-state index contributed by atoms with van der Waals surface area (Å²) in [5.74, 6) is 1.36. The predicted octanol–water partition coefficient (Wildman–Crippen LogP) is 4.40. The van der Waals surface area contributed by atoms with Crippen LogP contribution >= 0.6 is 0 Å². The lowest BCUT2D eigenvalue weighted by molar-refractivity contribution is -0.112. The predicted molar refractivity (Wildman–Crippen MR) is 84.9 cm³/mol. The summed E-state index contributed by atoms with van der Waals surface area (Å²) in [7, 11) is 0. The summed E-state index contributed by atoms with van der Waals surface area (Å²) >= 11 is 0. The number of carbonyl (C=O) groups excluding carboxylic acids is 1. The van der Waals surface area contributed by atoms with Crippen molar-refractivity contribution in [2.24, 2.45) is 0 Å². The maximum atomic E-state index is 11.5. The molecule has 0 radical (unpaired) electrons. The fourth-order valence-electron chi connectivity index (χ4n) is 2.41. The Bertz CT molecular complexity index is 752. The van der Waals surface area contributed by atoms with Gasteiger partial charge in [-0.05, 0) is 37.6 Å². The average Bonchev–Trinajstić information content (AvgIpc) is 2.47. The Labute approximate surface area is 124 Å². The second kappa shape index (κ2) is 5.41. The van der Waals surface area contributed by atoms with Crippen molar-refractivity contribution in [1.29, 1.82) is 0 Å². The Morgan fingerprint density at radius 3 is 2.57 bits per heavy atom. The van der Waals surface area contributed by atoms with Crippen molar-refractivity contribution in [3.63, 3.8) is 0 Å². The van der Waals surface area contributed by atoms with Crippen molar-refractivity contribution in [1.82, 2.24) is 0 Å². The van der Waals surface area contributed by atoms with Crippen LogP contribution in [0.2, 0.25) is 0 Å². The van der Waals surface area contributed by atoms with Crippen LogP contribution in [0, 0.1) is 6.92 Å². The highest BCUT2D eigenvalue weighted by Gasteiger charge is 2.19. The minimum absolute atomic E-state index is 0.0256. The molecule has 0 spiro atoms. The summed E-state index contributed by atoms with van der Waals surface area (Å²) in [4.78, 5) is 11.5. The molecule has 2 heteroatoms. The van der Waals surface area contributed by atoms with Gasteiger partial charge in [0.05, 0.1) is 0 Å². The maximum absolute atomic E-state index is 11.5. The first-order valence-corrected chi connectivity index (χ1v) is 6.92. The van der Waals surface area contributed by atoms with E-state index in [4.69, 9.17) is 4.74 Å². The molecule has 2 nitrogen and oxygen atoms in total. The molecule has 21 heavy (non-hydrogen) atoms. The molecule has 0 aromatic heterocycles. The van der Waals surface area contributed by atoms with Gasteiger partial charge in [-0.25, -0.2) is 0 Å². The van der Waals surface area contributed by atoms with Gasteiger partial charge in [0.15, 0.2) is 5.78 Å². The fraction of sp³-hybridized carbons (Fsp3) is 0.105. The molecule has 2 aromatic rings. The molecule has 0 fully saturated rings. The maximum Gasteiger partial charge on any atom is 0.156 e. The highest BCUT2D eigenvalue weighted by molar-refractivity contribution is 5.98. The number of carbonyl (C=O) groups is 1. The second-order valence-corrected chi connectivity index (χ2v) is 5.19. The molecule has 0 unspecified atom stereocenters. The lowest BCUT2D eigenvalue weighted by Gasteiger charge is -2.21. The van der Waals surface area contributed by atoms with Crippen LogP contribution in [0.15, 0.2) is 60.4 Å². The van der Waals surface area contributed by atoms with E-state index in [1.807, 2.05) is 42.5 Å². The van der Waals surface area contributed by atoms with Gasteiger partial charge in [0, 0.05) is 17.2 Å². The highest BCUT2D eigenvalue weighted by atomic mass is 16.5. The van der Waals surface area contributed by atoms with E-state index in [0.29, 0.717) is 5.76 Å². The first-order chi connectivity index (χ1) is 10.1. The Balaban J connectivity index is 2.17. The van der Waals surface area contributed by atoms with Crippen LogP contribution in [0.1, 0.15) is 23.6 Å². The minimum Gasteiger partial charge on any atom is -0.456 e. The summed E-state index contributed by atoms with van der Waals surface area (Å²) in [5.41, 5.74) is 4.19. The molecule has 104 valence electrons. The van der Waals surface area contributed by atoms with Gasteiger partial charge in [-0.1, -0.05) is 42.0 Å². The van der Waals surface area contributed by atoms with E-state index in [1.54, 1.807) is 6.08 Å². The monoisotopic (exact) mass is 276 g/mol. The zero-order valence-corrected chi connectivity index (χ0v) is 12.1. The lowest BCUT2D eigenvalue weighted by atomic mass is 9.97. The van der Waals surface area contributed by atoms with Crippen molar-refractivity contribution >= 4 is 17.4 Å². The zero-order valence-electron chi connectivity index (χ0n) is 12.1. The molecular formula is C19H16O2. The standard InChI is InChI=1S/C19H16O2/c1-13-8-9-18-16(10-13)12-17(15-6-4-3-5-7-15)19(21-18)11-14(2)20/h3-12H,1-2H3/b19-11-.